The summed E-state index contributed by atoms with van der Waals surface area (Å²) in [7, 11) is 0. The van der Waals surface area contributed by atoms with Crippen LogP contribution < -0.4 is 0 Å². The molecule has 0 aliphatic rings. The second-order valence-electron chi connectivity index (χ2n) is 3.80. The van der Waals surface area contributed by atoms with E-state index in [0.29, 0.717) is 29.8 Å². The third-order valence-electron chi connectivity index (χ3n) is 2.83. The Labute approximate surface area is 112 Å². The van der Waals surface area contributed by atoms with Gasteiger partial charge in [-0.15, -0.1) is 11.8 Å². The molecule has 0 aromatic carbocycles. The van der Waals surface area contributed by atoms with Crippen LogP contribution in [0, 0.1) is 11.3 Å². The largest absolute Gasteiger partial charge is 0.367 e. The molecule has 1 heterocycles. The van der Waals surface area contributed by atoms with Gasteiger partial charge in [0.05, 0.1) is 17.6 Å². The van der Waals surface area contributed by atoms with E-state index in [0.717, 1.165) is 12.8 Å². The quantitative estimate of drug-likeness (QED) is 0.676. The number of hydrogen-bond donors (Lipinski definition) is 0. The maximum atomic E-state index is 8.47. The van der Waals surface area contributed by atoms with Gasteiger partial charge in [0.1, 0.15) is 5.60 Å². The van der Waals surface area contributed by atoms with Gasteiger partial charge in [0.25, 0.3) is 0 Å². The normalized spacial score (nSPS) is 11.4. The van der Waals surface area contributed by atoms with Gasteiger partial charge in [-0.3, -0.25) is 0 Å². The van der Waals surface area contributed by atoms with Crippen molar-refractivity contribution in [2.24, 2.45) is 0 Å². The zero-order chi connectivity index (χ0) is 13.4. The lowest BCUT2D eigenvalue weighted by molar-refractivity contribution is -0.0583. The lowest BCUT2D eigenvalue weighted by Gasteiger charge is -2.27. The van der Waals surface area contributed by atoms with Crippen molar-refractivity contribution in [1.82, 2.24) is 10.1 Å². The number of nitriles is 1. The smallest absolute Gasteiger partial charge is 0.236 e. The molecule has 100 valence electrons. The van der Waals surface area contributed by atoms with Crippen molar-refractivity contribution in [2.45, 2.75) is 45.0 Å². The number of thioether (sulfide) groups is 1. The van der Waals surface area contributed by atoms with Gasteiger partial charge in [-0.1, -0.05) is 19.0 Å². The second kappa shape index (κ2) is 7.39. The van der Waals surface area contributed by atoms with Crippen LogP contribution in [0.2, 0.25) is 0 Å². The van der Waals surface area contributed by atoms with E-state index in [9.17, 15) is 0 Å². The first-order chi connectivity index (χ1) is 8.72. The van der Waals surface area contributed by atoms with E-state index in [1.165, 1.54) is 11.8 Å². The molecule has 1 aromatic rings. The summed E-state index contributed by atoms with van der Waals surface area (Å²) in [6.45, 7) is 6.69. The van der Waals surface area contributed by atoms with Gasteiger partial charge in [-0.2, -0.15) is 10.2 Å². The molecule has 0 saturated heterocycles. The number of ether oxygens (including phenoxy) is 1. The van der Waals surface area contributed by atoms with E-state index in [2.05, 4.69) is 30.1 Å². The minimum absolute atomic E-state index is 0.426. The SMILES string of the molecule is CCOC(CC)(CC)c1noc(CSCC#N)n1. The number of aromatic nitrogens is 2. The number of hydrogen-bond acceptors (Lipinski definition) is 6. The van der Waals surface area contributed by atoms with Crippen molar-refractivity contribution in [1.29, 1.82) is 5.26 Å². The third-order valence-corrected chi connectivity index (χ3v) is 3.61. The molecule has 0 bridgehead atoms. The Bertz CT molecular complexity index is 396. The Hall–Kier alpha value is -1.06. The van der Waals surface area contributed by atoms with Gasteiger partial charge in [-0.25, -0.2) is 0 Å². The van der Waals surface area contributed by atoms with Crippen molar-refractivity contribution >= 4 is 11.8 Å². The maximum Gasteiger partial charge on any atom is 0.236 e. The predicted octanol–water partition coefficient (Wildman–Crippen LogP) is 2.88. The fraction of sp³-hybridized carbons (Fsp3) is 0.750. The van der Waals surface area contributed by atoms with E-state index in [1.54, 1.807) is 0 Å². The Morgan fingerprint density at radius 1 is 1.39 bits per heavy atom. The minimum atomic E-state index is -0.448. The molecular weight excluding hydrogens is 250 g/mol. The predicted molar refractivity (Wildman–Crippen MR) is 70.0 cm³/mol. The summed E-state index contributed by atoms with van der Waals surface area (Å²) >= 11 is 1.46. The van der Waals surface area contributed by atoms with Crippen LogP contribution >= 0.6 is 11.8 Å². The van der Waals surface area contributed by atoms with Crippen LogP contribution in [-0.4, -0.2) is 22.5 Å². The molecule has 1 aromatic heterocycles. The molecule has 0 aliphatic heterocycles. The van der Waals surface area contributed by atoms with Gasteiger partial charge < -0.3 is 9.26 Å². The Balaban J connectivity index is 2.78. The third kappa shape index (κ3) is 3.47. The maximum absolute atomic E-state index is 8.47. The molecule has 0 N–H and O–H groups in total. The van der Waals surface area contributed by atoms with Crippen molar-refractivity contribution in [3.05, 3.63) is 11.7 Å². The summed E-state index contributed by atoms with van der Waals surface area (Å²) in [6, 6.07) is 2.07. The molecule has 6 heteroatoms. The first-order valence-electron chi connectivity index (χ1n) is 6.14. The fourth-order valence-electron chi connectivity index (χ4n) is 1.79. The van der Waals surface area contributed by atoms with E-state index in [1.807, 2.05) is 6.92 Å². The van der Waals surface area contributed by atoms with Gasteiger partial charge in [0, 0.05) is 6.61 Å². The molecule has 18 heavy (non-hydrogen) atoms. The molecule has 0 saturated carbocycles. The lowest BCUT2D eigenvalue weighted by Crippen LogP contribution is -2.29. The zero-order valence-corrected chi connectivity index (χ0v) is 11.9. The highest BCUT2D eigenvalue weighted by atomic mass is 32.2. The Morgan fingerprint density at radius 2 is 2.11 bits per heavy atom. The summed E-state index contributed by atoms with van der Waals surface area (Å²) in [6.07, 6.45) is 1.61. The average Bonchev–Trinajstić information content (AvgIpc) is 2.86. The van der Waals surface area contributed by atoms with Gasteiger partial charge >= 0.3 is 0 Å². The molecule has 1 rings (SSSR count). The monoisotopic (exact) mass is 269 g/mol. The number of rotatable bonds is 8. The summed E-state index contributed by atoms with van der Waals surface area (Å²) in [5, 5.41) is 12.5. The van der Waals surface area contributed by atoms with Crippen LogP contribution in [0.15, 0.2) is 4.52 Å². The Kier molecular flexibility index (Phi) is 6.16. The second-order valence-corrected chi connectivity index (χ2v) is 4.78. The van der Waals surface area contributed by atoms with Gasteiger partial charge in [0.15, 0.2) is 0 Å². The van der Waals surface area contributed by atoms with Crippen molar-refractivity contribution in [3.8, 4) is 6.07 Å². The average molecular weight is 269 g/mol. The highest BCUT2D eigenvalue weighted by Gasteiger charge is 2.34. The fourth-order valence-corrected chi connectivity index (χ4v) is 2.28. The van der Waals surface area contributed by atoms with Crippen LogP contribution in [0.1, 0.15) is 45.3 Å². The first-order valence-corrected chi connectivity index (χ1v) is 7.29. The van der Waals surface area contributed by atoms with Gasteiger partial charge in [0.2, 0.25) is 11.7 Å². The molecular formula is C12H19N3O2S. The molecule has 0 amide bonds. The molecule has 0 radical (unpaired) electrons. The van der Waals surface area contributed by atoms with Crippen LogP contribution in [0.25, 0.3) is 0 Å². The molecule has 0 aliphatic carbocycles. The molecule has 5 nitrogen and oxygen atoms in total. The molecule has 0 fully saturated rings. The summed E-state index contributed by atoms with van der Waals surface area (Å²) in [4.78, 5) is 4.38. The van der Waals surface area contributed by atoms with Crippen LogP contribution in [-0.2, 0) is 16.1 Å². The summed E-state index contributed by atoms with van der Waals surface area (Å²) in [5.74, 6) is 2.16. The first kappa shape index (κ1) is 15.0. The highest BCUT2D eigenvalue weighted by molar-refractivity contribution is 7.98. The molecule has 0 atom stereocenters. The van der Waals surface area contributed by atoms with E-state index in [4.69, 9.17) is 14.5 Å². The highest BCUT2D eigenvalue weighted by Crippen LogP contribution is 2.31. The topological polar surface area (TPSA) is 71.9 Å². The van der Waals surface area contributed by atoms with E-state index >= 15 is 0 Å². The summed E-state index contributed by atoms with van der Waals surface area (Å²) in [5.41, 5.74) is -0.448. The van der Waals surface area contributed by atoms with Crippen LogP contribution in [0.4, 0.5) is 0 Å². The lowest BCUT2D eigenvalue weighted by atomic mass is 9.96. The molecule has 0 spiro atoms. The minimum Gasteiger partial charge on any atom is -0.367 e. The molecule has 0 unspecified atom stereocenters. The van der Waals surface area contributed by atoms with Crippen molar-refractivity contribution < 1.29 is 9.26 Å². The van der Waals surface area contributed by atoms with Crippen molar-refractivity contribution in [2.75, 3.05) is 12.4 Å². The van der Waals surface area contributed by atoms with Crippen LogP contribution in [0.5, 0.6) is 0 Å². The number of nitrogens with zero attached hydrogens (tertiary/aromatic N) is 3. The zero-order valence-electron chi connectivity index (χ0n) is 11.1. The van der Waals surface area contributed by atoms with Crippen molar-refractivity contribution in [3.63, 3.8) is 0 Å². The standard InChI is InChI=1S/C12H19N3O2S/c1-4-12(5-2,16-6-3)11-14-10(17-15-11)9-18-8-7-13/h4-6,8-9H2,1-3H3. The van der Waals surface area contributed by atoms with E-state index in [-0.39, 0.29) is 0 Å². The summed E-state index contributed by atoms with van der Waals surface area (Å²) < 4.78 is 11.0. The van der Waals surface area contributed by atoms with Crippen LogP contribution in [0.3, 0.4) is 0 Å². The Morgan fingerprint density at radius 3 is 2.67 bits per heavy atom. The van der Waals surface area contributed by atoms with Gasteiger partial charge in [-0.05, 0) is 19.8 Å². The van der Waals surface area contributed by atoms with E-state index < -0.39 is 5.60 Å².